The number of amides is 1. The van der Waals surface area contributed by atoms with E-state index in [1.165, 1.54) is 44.7 Å². The van der Waals surface area contributed by atoms with Gasteiger partial charge in [0.25, 0.3) is 5.91 Å². The van der Waals surface area contributed by atoms with Gasteiger partial charge in [-0.3, -0.25) is 4.79 Å². The molecule has 5 nitrogen and oxygen atoms in total. The second-order valence-electron chi connectivity index (χ2n) is 6.98. The summed E-state index contributed by atoms with van der Waals surface area (Å²) >= 11 is 6.29. The van der Waals surface area contributed by atoms with E-state index in [0.717, 1.165) is 12.0 Å². The van der Waals surface area contributed by atoms with E-state index < -0.39 is 0 Å². The van der Waals surface area contributed by atoms with Crippen molar-refractivity contribution in [1.29, 1.82) is 0 Å². The van der Waals surface area contributed by atoms with Gasteiger partial charge in [0.1, 0.15) is 5.75 Å². The van der Waals surface area contributed by atoms with E-state index in [2.05, 4.69) is 17.5 Å². The molecule has 0 aliphatic carbocycles. The number of benzene rings is 2. The number of hydrazone groups is 1. The Balaban J connectivity index is 1.74. The number of ether oxygens (including phenoxy) is 1. The van der Waals surface area contributed by atoms with Crippen molar-refractivity contribution >= 4 is 29.4 Å². The van der Waals surface area contributed by atoms with E-state index in [1.807, 2.05) is 12.1 Å². The molecule has 1 amide bonds. The van der Waals surface area contributed by atoms with Gasteiger partial charge in [-0.05, 0) is 48.4 Å². The Bertz CT molecular complexity index is 808. The molecular formula is C23H30ClN3O2. The Morgan fingerprint density at radius 3 is 2.59 bits per heavy atom. The second-order valence-corrected chi connectivity index (χ2v) is 7.39. The molecule has 2 aromatic rings. The number of unbranched alkanes of at least 4 members (excludes halogenated alkanes) is 6. The molecule has 0 unspecified atom stereocenters. The lowest BCUT2D eigenvalue weighted by atomic mass is 10.1. The van der Waals surface area contributed by atoms with Crippen molar-refractivity contribution in [3.63, 3.8) is 0 Å². The molecule has 0 saturated heterocycles. The van der Waals surface area contributed by atoms with Crippen molar-refractivity contribution in [2.45, 2.75) is 51.9 Å². The van der Waals surface area contributed by atoms with E-state index in [-0.39, 0.29) is 5.91 Å². The molecule has 0 aromatic heterocycles. The maximum absolute atomic E-state index is 12.0. The van der Waals surface area contributed by atoms with Gasteiger partial charge in [-0.25, -0.2) is 5.43 Å². The highest BCUT2D eigenvalue weighted by Crippen LogP contribution is 2.25. The first-order valence-electron chi connectivity index (χ1n) is 10.2. The van der Waals surface area contributed by atoms with Gasteiger partial charge in [0, 0.05) is 11.3 Å². The number of carbonyl (C=O) groups is 1. The van der Waals surface area contributed by atoms with E-state index >= 15 is 0 Å². The molecule has 2 aromatic carbocycles. The van der Waals surface area contributed by atoms with Crippen LogP contribution < -0.4 is 15.9 Å². The summed E-state index contributed by atoms with van der Waals surface area (Å²) in [4.78, 5) is 12.0. The Kier molecular flexibility index (Phi) is 10.1. The lowest BCUT2D eigenvalue weighted by molar-refractivity contribution is 0.0955. The summed E-state index contributed by atoms with van der Waals surface area (Å²) in [5, 5.41) is 4.50. The van der Waals surface area contributed by atoms with Crippen LogP contribution in [0.25, 0.3) is 0 Å². The number of hydrogen-bond donors (Lipinski definition) is 2. The fourth-order valence-corrected chi connectivity index (χ4v) is 3.11. The van der Waals surface area contributed by atoms with Gasteiger partial charge in [-0.15, -0.1) is 0 Å². The Morgan fingerprint density at radius 2 is 1.86 bits per heavy atom. The van der Waals surface area contributed by atoms with E-state index in [0.29, 0.717) is 28.6 Å². The molecule has 6 heteroatoms. The first-order valence-corrected chi connectivity index (χ1v) is 10.6. The Hall–Kier alpha value is -2.53. The number of anilines is 1. The average molecular weight is 416 g/mol. The highest BCUT2D eigenvalue weighted by molar-refractivity contribution is 6.32. The smallest absolute Gasteiger partial charge is 0.271 e. The quantitative estimate of drug-likeness (QED) is 0.198. The van der Waals surface area contributed by atoms with Crippen LogP contribution in [0.15, 0.2) is 47.6 Å². The number of halogens is 1. The van der Waals surface area contributed by atoms with Crippen molar-refractivity contribution in [2.24, 2.45) is 5.10 Å². The van der Waals surface area contributed by atoms with Crippen molar-refractivity contribution in [3.05, 3.63) is 58.6 Å². The summed E-state index contributed by atoms with van der Waals surface area (Å²) in [7, 11) is 0. The molecule has 0 aliphatic heterocycles. The van der Waals surface area contributed by atoms with Crippen LogP contribution in [0.4, 0.5) is 5.69 Å². The van der Waals surface area contributed by atoms with E-state index in [1.54, 1.807) is 30.3 Å². The molecule has 0 atom stereocenters. The van der Waals surface area contributed by atoms with Crippen LogP contribution in [0.5, 0.6) is 5.75 Å². The number of rotatable bonds is 12. The predicted molar refractivity (Wildman–Crippen MR) is 121 cm³/mol. The maximum Gasteiger partial charge on any atom is 0.271 e. The lowest BCUT2D eigenvalue weighted by Gasteiger charge is -2.08. The van der Waals surface area contributed by atoms with E-state index in [9.17, 15) is 4.79 Å². The van der Waals surface area contributed by atoms with Crippen LogP contribution in [-0.2, 0) is 0 Å². The standard InChI is InChI=1S/C23H30ClN3O2/c1-2-3-4-5-6-7-8-14-29-22-13-12-18(15-21(22)24)17-26-27-23(28)19-10-9-11-20(25)16-19/h9-13,15-17H,2-8,14,25H2,1H3,(H,27,28)/b26-17-. The fraction of sp³-hybridized carbons (Fsp3) is 0.391. The largest absolute Gasteiger partial charge is 0.492 e. The third kappa shape index (κ3) is 8.57. The van der Waals surface area contributed by atoms with E-state index in [4.69, 9.17) is 22.1 Å². The number of carbonyl (C=O) groups excluding carboxylic acids is 1. The minimum absolute atomic E-state index is 0.325. The normalized spacial score (nSPS) is 11.0. The second kappa shape index (κ2) is 12.8. The monoisotopic (exact) mass is 415 g/mol. The summed E-state index contributed by atoms with van der Waals surface area (Å²) in [6.45, 7) is 2.89. The molecule has 0 radical (unpaired) electrons. The predicted octanol–water partition coefficient (Wildman–Crippen LogP) is 5.82. The number of nitrogen functional groups attached to an aromatic ring is 1. The van der Waals surface area contributed by atoms with Crippen LogP contribution in [0.2, 0.25) is 5.02 Å². The molecule has 0 fully saturated rings. The highest BCUT2D eigenvalue weighted by Gasteiger charge is 2.05. The topological polar surface area (TPSA) is 76.7 Å². The Morgan fingerprint density at radius 1 is 1.10 bits per heavy atom. The molecular weight excluding hydrogens is 386 g/mol. The summed E-state index contributed by atoms with van der Waals surface area (Å²) in [6, 6.07) is 12.2. The van der Waals surface area contributed by atoms with Crippen molar-refractivity contribution in [3.8, 4) is 5.75 Å². The van der Waals surface area contributed by atoms with Crippen LogP contribution in [0, 0.1) is 0 Å². The van der Waals surface area contributed by atoms with Crippen molar-refractivity contribution < 1.29 is 9.53 Å². The highest BCUT2D eigenvalue weighted by atomic mass is 35.5. The van der Waals surface area contributed by atoms with Gasteiger partial charge in [0.2, 0.25) is 0 Å². The van der Waals surface area contributed by atoms with Gasteiger partial charge in [-0.2, -0.15) is 5.10 Å². The fourth-order valence-electron chi connectivity index (χ4n) is 2.87. The zero-order valence-corrected chi connectivity index (χ0v) is 17.8. The SMILES string of the molecule is CCCCCCCCCOc1ccc(/C=N\NC(=O)c2cccc(N)c2)cc1Cl. The van der Waals surface area contributed by atoms with Crippen molar-refractivity contribution in [2.75, 3.05) is 12.3 Å². The first kappa shape index (κ1) is 22.8. The molecule has 3 N–H and O–H groups in total. The average Bonchev–Trinajstić information content (AvgIpc) is 2.71. The number of nitrogens with one attached hydrogen (secondary N) is 1. The minimum atomic E-state index is -0.325. The molecule has 0 spiro atoms. The maximum atomic E-state index is 12.0. The Labute approximate surface area is 178 Å². The van der Waals surface area contributed by atoms with Crippen LogP contribution in [-0.4, -0.2) is 18.7 Å². The molecule has 0 aliphatic rings. The lowest BCUT2D eigenvalue weighted by Crippen LogP contribution is -2.17. The van der Waals surface area contributed by atoms with Gasteiger partial charge >= 0.3 is 0 Å². The molecule has 156 valence electrons. The number of nitrogens with zero attached hydrogens (tertiary/aromatic N) is 1. The zero-order valence-electron chi connectivity index (χ0n) is 17.0. The van der Waals surface area contributed by atoms with Gasteiger partial charge in [0.15, 0.2) is 0 Å². The number of nitrogens with two attached hydrogens (primary N) is 1. The summed E-state index contributed by atoms with van der Waals surface area (Å²) in [5.41, 5.74) is 9.90. The van der Waals surface area contributed by atoms with Gasteiger partial charge in [0.05, 0.1) is 17.8 Å². The van der Waals surface area contributed by atoms with Gasteiger partial charge in [-0.1, -0.05) is 63.1 Å². The van der Waals surface area contributed by atoms with Gasteiger partial charge < -0.3 is 10.5 Å². The summed E-state index contributed by atoms with van der Waals surface area (Å²) < 4.78 is 5.77. The number of hydrogen-bond acceptors (Lipinski definition) is 4. The molecule has 2 rings (SSSR count). The summed E-state index contributed by atoms with van der Waals surface area (Å²) in [5.74, 6) is 0.341. The summed E-state index contributed by atoms with van der Waals surface area (Å²) in [6.07, 6.45) is 10.2. The van der Waals surface area contributed by atoms with Crippen LogP contribution >= 0.6 is 11.6 Å². The third-order valence-corrected chi connectivity index (χ3v) is 4.79. The molecule has 0 heterocycles. The zero-order chi connectivity index (χ0) is 20.9. The molecule has 0 bridgehead atoms. The first-order chi connectivity index (χ1) is 14.1. The van der Waals surface area contributed by atoms with Crippen LogP contribution in [0.3, 0.4) is 0 Å². The van der Waals surface area contributed by atoms with Crippen LogP contribution in [0.1, 0.15) is 67.8 Å². The molecule has 29 heavy (non-hydrogen) atoms. The third-order valence-electron chi connectivity index (χ3n) is 4.49. The minimum Gasteiger partial charge on any atom is -0.492 e. The molecule has 0 saturated carbocycles. The van der Waals surface area contributed by atoms with Crippen molar-refractivity contribution in [1.82, 2.24) is 5.43 Å².